The number of aromatic nitrogens is 2. The molecule has 0 radical (unpaired) electrons. The maximum absolute atomic E-state index is 4.28. The minimum absolute atomic E-state index is 0.468. The molecule has 0 saturated carbocycles. The molecule has 84 valence electrons. The van der Waals surface area contributed by atoms with Gasteiger partial charge in [0.25, 0.3) is 0 Å². The number of nitrogens with one attached hydrogen (secondary N) is 1. The summed E-state index contributed by atoms with van der Waals surface area (Å²) >= 11 is 0. The van der Waals surface area contributed by atoms with E-state index in [9.17, 15) is 0 Å². The molecule has 1 aromatic rings. The molecule has 0 saturated heterocycles. The van der Waals surface area contributed by atoms with Gasteiger partial charge in [-0.05, 0) is 33.6 Å². The van der Waals surface area contributed by atoms with Crippen molar-refractivity contribution in [2.45, 2.75) is 39.7 Å². The Hall–Kier alpha value is -1.25. The Bertz CT molecular complexity index is 321. The Labute approximate surface area is 92.2 Å². The van der Waals surface area contributed by atoms with Gasteiger partial charge in [0.05, 0.1) is 0 Å². The third-order valence-electron chi connectivity index (χ3n) is 2.26. The molecule has 0 aliphatic carbocycles. The molecule has 15 heavy (non-hydrogen) atoms. The first-order valence-corrected chi connectivity index (χ1v) is 5.47. The third kappa shape index (κ3) is 4.68. The standard InChI is InChI=1S/C12H21N3/c1-10(2)6-5-7-11(3)13-12-8-9-15(4)14-12/h6,8-9,11H,5,7H2,1-4H3,(H,13,14). The molecule has 0 amide bonds. The van der Waals surface area contributed by atoms with E-state index < -0.39 is 0 Å². The van der Waals surface area contributed by atoms with Crippen LogP contribution < -0.4 is 5.32 Å². The SMILES string of the molecule is CC(C)=CCCC(C)Nc1ccn(C)n1. The van der Waals surface area contributed by atoms with Gasteiger partial charge in [0, 0.05) is 25.4 Å². The van der Waals surface area contributed by atoms with Crippen molar-refractivity contribution in [2.75, 3.05) is 5.32 Å². The van der Waals surface area contributed by atoms with E-state index >= 15 is 0 Å². The smallest absolute Gasteiger partial charge is 0.148 e. The fraction of sp³-hybridized carbons (Fsp3) is 0.583. The molecule has 0 fully saturated rings. The van der Waals surface area contributed by atoms with Gasteiger partial charge in [-0.25, -0.2) is 0 Å². The molecule has 0 bridgehead atoms. The molecule has 1 atom stereocenters. The van der Waals surface area contributed by atoms with Crippen molar-refractivity contribution < 1.29 is 0 Å². The van der Waals surface area contributed by atoms with Crippen LogP contribution in [0, 0.1) is 0 Å². The summed E-state index contributed by atoms with van der Waals surface area (Å²) < 4.78 is 1.81. The average molecular weight is 207 g/mol. The normalized spacial score (nSPS) is 12.3. The maximum Gasteiger partial charge on any atom is 0.148 e. The summed E-state index contributed by atoms with van der Waals surface area (Å²) in [5.74, 6) is 0.960. The van der Waals surface area contributed by atoms with E-state index in [1.807, 2.05) is 24.0 Å². The lowest BCUT2D eigenvalue weighted by atomic mass is 10.1. The molecule has 0 aliphatic rings. The van der Waals surface area contributed by atoms with Gasteiger partial charge in [-0.3, -0.25) is 4.68 Å². The van der Waals surface area contributed by atoms with Gasteiger partial charge in [0.15, 0.2) is 0 Å². The lowest BCUT2D eigenvalue weighted by Gasteiger charge is -2.11. The van der Waals surface area contributed by atoms with Gasteiger partial charge in [0.2, 0.25) is 0 Å². The molecule has 0 spiro atoms. The molecule has 1 aromatic heterocycles. The predicted molar refractivity (Wildman–Crippen MR) is 65.0 cm³/mol. The zero-order valence-electron chi connectivity index (χ0n) is 10.1. The molecule has 1 unspecified atom stereocenters. The number of rotatable bonds is 5. The number of allylic oxidation sites excluding steroid dienone is 2. The van der Waals surface area contributed by atoms with E-state index in [1.54, 1.807) is 0 Å². The van der Waals surface area contributed by atoms with Gasteiger partial charge in [-0.1, -0.05) is 11.6 Å². The Kier molecular flexibility index (Phi) is 4.40. The molecular formula is C12H21N3. The molecular weight excluding hydrogens is 186 g/mol. The molecule has 3 heteroatoms. The van der Waals surface area contributed by atoms with Crippen molar-refractivity contribution in [3.8, 4) is 0 Å². The van der Waals surface area contributed by atoms with Gasteiger partial charge in [-0.2, -0.15) is 5.10 Å². The molecule has 0 aromatic carbocycles. The maximum atomic E-state index is 4.28. The Morgan fingerprint density at radius 1 is 1.60 bits per heavy atom. The third-order valence-corrected chi connectivity index (χ3v) is 2.26. The van der Waals surface area contributed by atoms with Crippen molar-refractivity contribution in [1.82, 2.24) is 9.78 Å². The van der Waals surface area contributed by atoms with Crippen LogP contribution in [0.25, 0.3) is 0 Å². The van der Waals surface area contributed by atoms with E-state index in [0.29, 0.717) is 6.04 Å². The van der Waals surface area contributed by atoms with Crippen molar-refractivity contribution in [1.29, 1.82) is 0 Å². The van der Waals surface area contributed by atoms with Crippen LogP contribution in [0.15, 0.2) is 23.9 Å². The molecule has 1 heterocycles. The van der Waals surface area contributed by atoms with Crippen LogP contribution >= 0.6 is 0 Å². The Morgan fingerprint density at radius 3 is 2.87 bits per heavy atom. The summed E-state index contributed by atoms with van der Waals surface area (Å²) in [4.78, 5) is 0. The van der Waals surface area contributed by atoms with Crippen LogP contribution in [0.3, 0.4) is 0 Å². The number of anilines is 1. The summed E-state index contributed by atoms with van der Waals surface area (Å²) in [5.41, 5.74) is 1.39. The van der Waals surface area contributed by atoms with Crippen LogP contribution in [0.2, 0.25) is 0 Å². The average Bonchev–Trinajstić information content (AvgIpc) is 2.50. The highest BCUT2D eigenvalue weighted by molar-refractivity contribution is 5.33. The molecule has 1 rings (SSSR count). The van der Waals surface area contributed by atoms with E-state index in [0.717, 1.165) is 18.7 Å². The first kappa shape index (κ1) is 11.8. The highest BCUT2D eigenvalue weighted by Gasteiger charge is 2.02. The molecule has 3 nitrogen and oxygen atoms in total. The zero-order chi connectivity index (χ0) is 11.3. The molecule has 1 N–H and O–H groups in total. The second kappa shape index (κ2) is 5.59. The van der Waals surface area contributed by atoms with E-state index in [1.165, 1.54) is 5.57 Å². The topological polar surface area (TPSA) is 29.9 Å². The second-order valence-electron chi connectivity index (χ2n) is 4.28. The summed E-state index contributed by atoms with van der Waals surface area (Å²) in [6, 6.07) is 2.47. The fourth-order valence-corrected chi connectivity index (χ4v) is 1.44. The van der Waals surface area contributed by atoms with Crippen molar-refractivity contribution in [3.63, 3.8) is 0 Å². The van der Waals surface area contributed by atoms with Crippen molar-refractivity contribution in [3.05, 3.63) is 23.9 Å². The van der Waals surface area contributed by atoms with Crippen molar-refractivity contribution in [2.24, 2.45) is 7.05 Å². The monoisotopic (exact) mass is 207 g/mol. The van der Waals surface area contributed by atoms with Crippen LogP contribution in [0.5, 0.6) is 0 Å². The first-order chi connectivity index (χ1) is 7.08. The predicted octanol–water partition coefficient (Wildman–Crippen LogP) is 2.97. The fourth-order valence-electron chi connectivity index (χ4n) is 1.44. The van der Waals surface area contributed by atoms with Gasteiger partial charge in [-0.15, -0.1) is 0 Å². The number of nitrogens with zero attached hydrogens (tertiary/aromatic N) is 2. The highest BCUT2D eigenvalue weighted by atomic mass is 15.3. The van der Waals surface area contributed by atoms with Crippen molar-refractivity contribution >= 4 is 5.82 Å². The van der Waals surface area contributed by atoms with E-state index in [4.69, 9.17) is 0 Å². The van der Waals surface area contributed by atoms with Gasteiger partial charge >= 0.3 is 0 Å². The highest BCUT2D eigenvalue weighted by Crippen LogP contribution is 2.08. The largest absolute Gasteiger partial charge is 0.366 e. The minimum Gasteiger partial charge on any atom is -0.366 e. The van der Waals surface area contributed by atoms with E-state index in [2.05, 4.69) is 37.3 Å². The first-order valence-electron chi connectivity index (χ1n) is 5.47. The molecule has 0 aliphatic heterocycles. The minimum atomic E-state index is 0.468. The number of hydrogen-bond acceptors (Lipinski definition) is 2. The Morgan fingerprint density at radius 2 is 2.33 bits per heavy atom. The van der Waals surface area contributed by atoms with Crippen LogP contribution in [0.1, 0.15) is 33.6 Å². The summed E-state index contributed by atoms with van der Waals surface area (Å²) in [6.07, 6.45) is 6.49. The zero-order valence-corrected chi connectivity index (χ0v) is 10.1. The van der Waals surface area contributed by atoms with E-state index in [-0.39, 0.29) is 0 Å². The second-order valence-corrected chi connectivity index (χ2v) is 4.28. The lowest BCUT2D eigenvalue weighted by Crippen LogP contribution is -2.15. The Balaban J connectivity index is 2.30. The lowest BCUT2D eigenvalue weighted by molar-refractivity contribution is 0.702. The number of hydrogen-bond donors (Lipinski definition) is 1. The van der Waals surface area contributed by atoms with Gasteiger partial charge in [0.1, 0.15) is 5.82 Å². The van der Waals surface area contributed by atoms with Gasteiger partial charge < -0.3 is 5.32 Å². The van der Waals surface area contributed by atoms with Crippen LogP contribution in [-0.2, 0) is 7.05 Å². The number of aryl methyl sites for hydroxylation is 1. The summed E-state index contributed by atoms with van der Waals surface area (Å²) in [5, 5.41) is 7.66. The summed E-state index contributed by atoms with van der Waals surface area (Å²) in [7, 11) is 1.93. The summed E-state index contributed by atoms with van der Waals surface area (Å²) in [6.45, 7) is 6.46. The quantitative estimate of drug-likeness (QED) is 0.752. The van der Waals surface area contributed by atoms with Crippen LogP contribution in [-0.4, -0.2) is 15.8 Å². The van der Waals surface area contributed by atoms with Crippen LogP contribution in [0.4, 0.5) is 5.82 Å².